The van der Waals surface area contributed by atoms with Crippen LogP contribution in [-0.2, 0) is 4.79 Å². The molecule has 2 aromatic rings. The average molecular weight is 338 g/mol. The third kappa shape index (κ3) is 4.42. The van der Waals surface area contributed by atoms with Gasteiger partial charge in [-0.15, -0.1) is 0 Å². The Kier molecular flexibility index (Phi) is 5.40. The van der Waals surface area contributed by atoms with Gasteiger partial charge in [0.1, 0.15) is 5.82 Å². The molecule has 6 heteroatoms. The summed E-state index contributed by atoms with van der Waals surface area (Å²) in [6.07, 6.45) is 8.38. The number of nitrogens with zero attached hydrogens (tertiary/aromatic N) is 3. The molecule has 1 fully saturated rings. The van der Waals surface area contributed by atoms with Crippen LogP contribution in [0.15, 0.2) is 42.7 Å². The van der Waals surface area contributed by atoms with Crippen molar-refractivity contribution >= 4 is 17.9 Å². The summed E-state index contributed by atoms with van der Waals surface area (Å²) < 4.78 is 0. The number of hydrogen-bond donors (Lipinski definition) is 2. The molecule has 1 aliphatic rings. The number of carboxylic acid groups (broad SMARTS) is 1. The van der Waals surface area contributed by atoms with Gasteiger partial charge in [0.25, 0.3) is 0 Å². The van der Waals surface area contributed by atoms with E-state index in [0.717, 1.165) is 61.2 Å². The monoisotopic (exact) mass is 338 g/mol. The largest absolute Gasteiger partial charge is 0.478 e. The smallest absolute Gasteiger partial charge is 0.328 e. The Morgan fingerprint density at radius 2 is 2.12 bits per heavy atom. The Labute approximate surface area is 147 Å². The van der Waals surface area contributed by atoms with Crippen LogP contribution in [0.5, 0.6) is 0 Å². The first-order valence-corrected chi connectivity index (χ1v) is 8.44. The maximum Gasteiger partial charge on any atom is 0.328 e. The van der Waals surface area contributed by atoms with Gasteiger partial charge in [0, 0.05) is 24.7 Å². The van der Waals surface area contributed by atoms with Crippen molar-refractivity contribution < 1.29 is 9.90 Å². The summed E-state index contributed by atoms with van der Waals surface area (Å²) in [6, 6.07) is 7.61. The van der Waals surface area contributed by atoms with Gasteiger partial charge in [0.15, 0.2) is 0 Å². The quantitative estimate of drug-likeness (QED) is 0.814. The molecule has 3 N–H and O–H groups in total. The predicted octanol–water partition coefficient (Wildman–Crippen LogP) is 2.42. The van der Waals surface area contributed by atoms with Gasteiger partial charge in [-0.2, -0.15) is 0 Å². The molecule has 0 atom stereocenters. The van der Waals surface area contributed by atoms with Gasteiger partial charge in [-0.3, -0.25) is 4.98 Å². The summed E-state index contributed by atoms with van der Waals surface area (Å²) in [7, 11) is 0. The second kappa shape index (κ2) is 7.90. The number of aromatic nitrogens is 2. The zero-order valence-electron chi connectivity index (χ0n) is 14.0. The van der Waals surface area contributed by atoms with Crippen molar-refractivity contribution in [1.82, 2.24) is 9.97 Å². The molecule has 25 heavy (non-hydrogen) atoms. The van der Waals surface area contributed by atoms with Crippen molar-refractivity contribution in [3.63, 3.8) is 0 Å². The maximum absolute atomic E-state index is 10.7. The van der Waals surface area contributed by atoms with E-state index in [0.29, 0.717) is 5.92 Å². The lowest BCUT2D eigenvalue weighted by Gasteiger charge is -2.32. The number of anilines is 1. The van der Waals surface area contributed by atoms with E-state index in [2.05, 4.69) is 9.88 Å². The summed E-state index contributed by atoms with van der Waals surface area (Å²) in [5.41, 5.74) is 8.27. The first-order valence-electron chi connectivity index (χ1n) is 8.44. The number of carboxylic acids is 1. The Morgan fingerprint density at radius 1 is 1.32 bits per heavy atom. The van der Waals surface area contributed by atoms with E-state index in [1.165, 1.54) is 0 Å². The van der Waals surface area contributed by atoms with Crippen LogP contribution in [0.25, 0.3) is 17.3 Å². The van der Waals surface area contributed by atoms with Crippen molar-refractivity contribution in [2.24, 2.45) is 11.7 Å². The number of nitrogens with two attached hydrogens (primary N) is 1. The molecule has 6 nitrogen and oxygen atoms in total. The Bertz CT molecular complexity index is 768. The van der Waals surface area contributed by atoms with Crippen molar-refractivity contribution in [2.45, 2.75) is 12.8 Å². The number of piperidine rings is 1. The molecule has 2 heterocycles. The van der Waals surface area contributed by atoms with E-state index in [9.17, 15) is 4.79 Å². The zero-order valence-corrected chi connectivity index (χ0v) is 14.0. The van der Waals surface area contributed by atoms with Crippen molar-refractivity contribution in [3.8, 4) is 11.3 Å². The lowest BCUT2D eigenvalue weighted by atomic mass is 9.97. The lowest BCUT2D eigenvalue weighted by Crippen LogP contribution is -2.36. The van der Waals surface area contributed by atoms with Gasteiger partial charge in [-0.25, -0.2) is 9.78 Å². The highest BCUT2D eigenvalue weighted by atomic mass is 16.4. The van der Waals surface area contributed by atoms with Crippen LogP contribution in [0.1, 0.15) is 18.4 Å². The van der Waals surface area contributed by atoms with Crippen molar-refractivity contribution in [2.75, 3.05) is 24.5 Å². The fourth-order valence-electron chi connectivity index (χ4n) is 3.01. The molecule has 1 aromatic heterocycles. The highest BCUT2D eigenvalue weighted by Crippen LogP contribution is 2.24. The number of aliphatic carboxylic acids is 1. The van der Waals surface area contributed by atoms with Crippen LogP contribution in [0.2, 0.25) is 0 Å². The minimum absolute atomic E-state index is 0.602. The zero-order chi connectivity index (χ0) is 17.6. The van der Waals surface area contributed by atoms with E-state index in [-0.39, 0.29) is 0 Å². The van der Waals surface area contributed by atoms with E-state index in [1.54, 1.807) is 18.5 Å². The highest BCUT2D eigenvalue weighted by molar-refractivity contribution is 5.85. The third-order valence-electron chi connectivity index (χ3n) is 4.49. The van der Waals surface area contributed by atoms with Gasteiger partial charge in [0.05, 0.1) is 18.1 Å². The van der Waals surface area contributed by atoms with E-state index in [4.69, 9.17) is 15.8 Å². The Morgan fingerprint density at radius 3 is 2.84 bits per heavy atom. The molecular weight excluding hydrogens is 316 g/mol. The van der Waals surface area contributed by atoms with E-state index < -0.39 is 5.97 Å². The van der Waals surface area contributed by atoms with Gasteiger partial charge in [-0.05, 0) is 43.0 Å². The topological polar surface area (TPSA) is 92.3 Å². The standard InChI is InChI=1S/C19H22N4O2/c20-11-15-6-8-23(9-7-15)18-13-21-12-17(22-18)16-3-1-2-14(10-16)4-5-19(24)25/h1-5,10,12-13,15H,6-9,11,20H2,(H,24,25). The minimum Gasteiger partial charge on any atom is -0.478 e. The number of rotatable bonds is 5. The maximum atomic E-state index is 10.7. The average Bonchev–Trinajstić information content (AvgIpc) is 2.67. The molecule has 0 bridgehead atoms. The molecule has 0 spiro atoms. The molecule has 130 valence electrons. The van der Waals surface area contributed by atoms with Crippen molar-refractivity contribution in [3.05, 3.63) is 48.3 Å². The highest BCUT2D eigenvalue weighted by Gasteiger charge is 2.19. The van der Waals surface area contributed by atoms with Crippen LogP contribution in [0.3, 0.4) is 0 Å². The summed E-state index contributed by atoms with van der Waals surface area (Å²) >= 11 is 0. The van der Waals surface area contributed by atoms with Crippen LogP contribution >= 0.6 is 0 Å². The molecule has 0 radical (unpaired) electrons. The van der Waals surface area contributed by atoms with Crippen LogP contribution < -0.4 is 10.6 Å². The predicted molar refractivity (Wildman–Crippen MR) is 98.1 cm³/mol. The number of carbonyl (C=O) groups is 1. The molecule has 1 saturated heterocycles. The van der Waals surface area contributed by atoms with E-state index in [1.807, 2.05) is 24.3 Å². The number of benzene rings is 1. The summed E-state index contributed by atoms with van der Waals surface area (Å²) in [6.45, 7) is 2.64. The lowest BCUT2D eigenvalue weighted by molar-refractivity contribution is -0.131. The van der Waals surface area contributed by atoms with Gasteiger partial charge in [-0.1, -0.05) is 18.2 Å². The molecular formula is C19H22N4O2. The van der Waals surface area contributed by atoms with Crippen LogP contribution in [0.4, 0.5) is 5.82 Å². The van der Waals surface area contributed by atoms with E-state index >= 15 is 0 Å². The van der Waals surface area contributed by atoms with Crippen LogP contribution in [0, 0.1) is 5.92 Å². The summed E-state index contributed by atoms with van der Waals surface area (Å²) in [4.78, 5) is 22.0. The first-order chi connectivity index (χ1) is 12.2. The first kappa shape index (κ1) is 17.1. The molecule has 1 aliphatic heterocycles. The van der Waals surface area contributed by atoms with Gasteiger partial charge in [0.2, 0.25) is 0 Å². The third-order valence-corrected chi connectivity index (χ3v) is 4.49. The fraction of sp³-hybridized carbons (Fsp3) is 0.316. The SMILES string of the molecule is NCC1CCN(c2cncc(-c3cccc(C=CC(=O)O)c3)n2)CC1. The number of hydrogen-bond acceptors (Lipinski definition) is 5. The van der Waals surface area contributed by atoms with Crippen molar-refractivity contribution in [1.29, 1.82) is 0 Å². The molecule has 3 rings (SSSR count). The molecule has 0 amide bonds. The summed E-state index contributed by atoms with van der Waals surface area (Å²) in [5.74, 6) is 0.512. The Hall–Kier alpha value is -2.73. The van der Waals surface area contributed by atoms with Gasteiger partial charge < -0.3 is 15.7 Å². The molecule has 0 aliphatic carbocycles. The normalized spacial score (nSPS) is 15.6. The molecule has 0 saturated carbocycles. The fourth-order valence-corrected chi connectivity index (χ4v) is 3.01. The van der Waals surface area contributed by atoms with Gasteiger partial charge >= 0.3 is 5.97 Å². The second-order valence-corrected chi connectivity index (χ2v) is 6.23. The van der Waals surface area contributed by atoms with Crippen LogP contribution in [-0.4, -0.2) is 40.7 Å². The second-order valence-electron chi connectivity index (χ2n) is 6.23. The minimum atomic E-state index is -0.965. The summed E-state index contributed by atoms with van der Waals surface area (Å²) in [5, 5.41) is 8.76. The molecule has 0 unspecified atom stereocenters. The molecule has 1 aromatic carbocycles. The Balaban J connectivity index is 1.80.